The molecule has 0 aliphatic carbocycles. The third-order valence-electron chi connectivity index (χ3n) is 3.74. The molecule has 0 atom stereocenters. The van der Waals surface area contributed by atoms with Crippen molar-refractivity contribution >= 4 is 34.6 Å². The van der Waals surface area contributed by atoms with Crippen LogP contribution in [0.1, 0.15) is 11.1 Å². The van der Waals surface area contributed by atoms with Crippen molar-refractivity contribution in [3.05, 3.63) is 53.6 Å². The van der Waals surface area contributed by atoms with Gasteiger partial charge in [0.15, 0.2) is 5.11 Å². The fourth-order valence-corrected chi connectivity index (χ4v) is 2.42. The van der Waals surface area contributed by atoms with Gasteiger partial charge in [0.05, 0.1) is 13.7 Å². The molecule has 0 spiro atoms. The number of amides is 1. The molecular formula is C19H23N3O2S. The van der Waals surface area contributed by atoms with E-state index in [9.17, 15) is 4.79 Å². The minimum absolute atomic E-state index is 0.116. The summed E-state index contributed by atoms with van der Waals surface area (Å²) < 4.78 is 5.12. The van der Waals surface area contributed by atoms with Crippen LogP contribution in [0.3, 0.4) is 0 Å². The molecule has 0 radical (unpaired) electrons. The van der Waals surface area contributed by atoms with E-state index in [1.54, 1.807) is 19.1 Å². The lowest BCUT2D eigenvalue weighted by atomic mass is 10.1. The molecule has 0 unspecified atom stereocenters. The minimum Gasteiger partial charge on any atom is -0.497 e. The number of nitrogens with one attached hydrogen (secondary N) is 2. The van der Waals surface area contributed by atoms with Crippen LogP contribution in [0.25, 0.3) is 0 Å². The first kappa shape index (κ1) is 18.7. The van der Waals surface area contributed by atoms with Gasteiger partial charge in [0.1, 0.15) is 5.75 Å². The summed E-state index contributed by atoms with van der Waals surface area (Å²) in [5.41, 5.74) is 3.80. The molecule has 0 saturated heterocycles. The molecule has 0 bridgehead atoms. The van der Waals surface area contributed by atoms with Gasteiger partial charge in [0, 0.05) is 18.4 Å². The summed E-state index contributed by atoms with van der Waals surface area (Å²) in [6.07, 6.45) is 0. The van der Waals surface area contributed by atoms with Crippen LogP contribution in [0.5, 0.6) is 5.75 Å². The van der Waals surface area contributed by atoms with Gasteiger partial charge in [-0.25, -0.2) is 0 Å². The number of aryl methyl sites for hydroxylation is 2. The number of likely N-dealkylation sites (N-methyl/N-ethyl adjacent to an activating group) is 1. The van der Waals surface area contributed by atoms with Crippen molar-refractivity contribution in [2.24, 2.45) is 0 Å². The Kier molecular flexibility index (Phi) is 6.36. The van der Waals surface area contributed by atoms with E-state index in [0.717, 1.165) is 28.3 Å². The molecule has 25 heavy (non-hydrogen) atoms. The summed E-state index contributed by atoms with van der Waals surface area (Å²) in [6, 6.07) is 13.4. The molecule has 0 aliphatic rings. The number of methoxy groups -OCH3 is 1. The summed E-state index contributed by atoms with van der Waals surface area (Å²) in [6.45, 7) is 4.12. The number of carbonyl (C=O) groups excluding carboxylic acids is 1. The monoisotopic (exact) mass is 357 g/mol. The fraction of sp³-hybridized carbons (Fsp3) is 0.263. The average molecular weight is 357 g/mol. The van der Waals surface area contributed by atoms with Crippen molar-refractivity contribution < 1.29 is 9.53 Å². The Hall–Kier alpha value is -2.60. The van der Waals surface area contributed by atoms with E-state index >= 15 is 0 Å². The van der Waals surface area contributed by atoms with Crippen LogP contribution in [-0.2, 0) is 4.79 Å². The van der Waals surface area contributed by atoms with E-state index in [2.05, 4.69) is 10.6 Å². The van der Waals surface area contributed by atoms with Gasteiger partial charge in [-0.1, -0.05) is 12.1 Å². The molecule has 5 nitrogen and oxygen atoms in total. The van der Waals surface area contributed by atoms with Crippen molar-refractivity contribution in [1.82, 2.24) is 4.90 Å². The molecule has 2 rings (SSSR count). The number of hydrogen-bond donors (Lipinski definition) is 2. The van der Waals surface area contributed by atoms with Gasteiger partial charge < -0.3 is 20.3 Å². The molecule has 1 amide bonds. The van der Waals surface area contributed by atoms with Crippen LogP contribution in [0.4, 0.5) is 11.4 Å². The normalized spacial score (nSPS) is 10.1. The van der Waals surface area contributed by atoms with Gasteiger partial charge in [-0.15, -0.1) is 0 Å². The second kappa shape index (κ2) is 8.48. The van der Waals surface area contributed by atoms with E-state index < -0.39 is 0 Å². The van der Waals surface area contributed by atoms with E-state index in [1.165, 1.54) is 0 Å². The zero-order valence-electron chi connectivity index (χ0n) is 14.9. The van der Waals surface area contributed by atoms with Crippen LogP contribution in [0, 0.1) is 13.8 Å². The fourth-order valence-electron chi connectivity index (χ4n) is 2.24. The smallest absolute Gasteiger partial charge is 0.243 e. The standard InChI is InChI=1S/C19H23N3O2S/c1-13-5-6-14(2)17(11-13)21-18(23)12-22(3)19(25)20-15-7-9-16(24-4)10-8-15/h5-11H,12H2,1-4H3,(H,20,25)(H,21,23). The maximum absolute atomic E-state index is 12.3. The lowest BCUT2D eigenvalue weighted by Gasteiger charge is -2.21. The van der Waals surface area contributed by atoms with Gasteiger partial charge in [0.2, 0.25) is 5.91 Å². The summed E-state index contributed by atoms with van der Waals surface area (Å²) in [5, 5.41) is 6.51. The second-order valence-electron chi connectivity index (χ2n) is 5.88. The molecule has 2 N–H and O–H groups in total. The van der Waals surface area contributed by atoms with Crippen LogP contribution < -0.4 is 15.4 Å². The molecule has 0 fully saturated rings. The first-order valence-electron chi connectivity index (χ1n) is 7.92. The topological polar surface area (TPSA) is 53.6 Å². The minimum atomic E-state index is -0.116. The maximum Gasteiger partial charge on any atom is 0.243 e. The molecular weight excluding hydrogens is 334 g/mol. The number of benzene rings is 2. The van der Waals surface area contributed by atoms with Crippen LogP contribution in [0.2, 0.25) is 0 Å². The number of thiocarbonyl (C=S) groups is 1. The van der Waals surface area contributed by atoms with E-state index in [-0.39, 0.29) is 12.5 Å². The average Bonchev–Trinajstić information content (AvgIpc) is 2.58. The number of anilines is 2. The first-order chi connectivity index (χ1) is 11.9. The highest BCUT2D eigenvalue weighted by atomic mass is 32.1. The quantitative estimate of drug-likeness (QED) is 0.801. The summed E-state index contributed by atoms with van der Waals surface area (Å²) in [5.74, 6) is 0.660. The van der Waals surface area contributed by atoms with E-state index in [0.29, 0.717) is 5.11 Å². The van der Waals surface area contributed by atoms with Gasteiger partial charge in [-0.2, -0.15) is 0 Å². The third kappa shape index (κ3) is 5.46. The van der Waals surface area contributed by atoms with Gasteiger partial charge >= 0.3 is 0 Å². The van der Waals surface area contributed by atoms with Crippen molar-refractivity contribution in [3.8, 4) is 5.75 Å². The van der Waals surface area contributed by atoms with Gasteiger partial charge in [-0.05, 0) is 67.5 Å². The molecule has 132 valence electrons. The lowest BCUT2D eigenvalue weighted by Crippen LogP contribution is -2.37. The highest BCUT2D eigenvalue weighted by Crippen LogP contribution is 2.17. The Labute approximate surface area is 154 Å². The van der Waals surface area contributed by atoms with Crippen molar-refractivity contribution in [2.75, 3.05) is 31.3 Å². The number of nitrogens with zero attached hydrogens (tertiary/aromatic N) is 1. The molecule has 0 aliphatic heterocycles. The number of rotatable bonds is 5. The van der Waals surface area contributed by atoms with Crippen molar-refractivity contribution in [2.45, 2.75) is 13.8 Å². The largest absolute Gasteiger partial charge is 0.497 e. The molecule has 0 aromatic heterocycles. The molecule has 0 saturated carbocycles. The lowest BCUT2D eigenvalue weighted by molar-refractivity contribution is -0.116. The maximum atomic E-state index is 12.3. The highest BCUT2D eigenvalue weighted by molar-refractivity contribution is 7.80. The molecule has 2 aromatic carbocycles. The highest BCUT2D eigenvalue weighted by Gasteiger charge is 2.11. The van der Waals surface area contributed by atoms with Gasteiger partial charge in [0.25, 0.3) is 0 Å². The van der Waals surface area contributed by atoms with Crippen molar-refractivity contribution in [3.63, 3.8) is 0 Å². The summed E-state index contributed by atoms with van der Waals surface area (Å²) >= 11 is 5.35. The Bertz CT molecular complexity index is 760. The predicted molar refractivity (Wildman–Crippen MR) is 106 cm³/mol. The van der Waals surface area contributed by atoms with Crippen LogP contribution in [0.15, 0.2) is 42.5 Å². The zero-order valence-corrected chi connectivity index (χ0v) is 15.7. The Balaban J connectivity index is 1.91. The molecule has 0 heterocycles. The van der Waals surface area contributed by atoms with Gasteiger partial charge in [-0.3, -0.25) is 4.79 Å². The summed E-state index contributed by atoms with van der Waals surface area (Å²) in [4.78, 5) is 14.0. The third-order valence-corrected chi connectivity index (χ3v) is 4.15. The number of carbonyl (C=O) groups is 1. The van der Waals surface area contributed by atoms with Crippen LogP contribution >= 0.6 is 12.2 Å². The number of hydrogen-bond acceptors (Lipinski definition) is 3. The Morgan fingerprint density at radius 3 is 2.44 bits per heavy atom. The number of ether oxygens (including phenoxy) is 1. The van der Waals surface area contributed by atoms with Crippen molar-refractivity contribution in [1.29, 1.82) is 0 Å². The SMILES string of the molecule is COc1ccc(NC(=S)N(C)CC(=O)Nc2cc(C)ccc2C)cc1. The Morgan fingerprint density at radius 2 is 1.80 bits per heavy atom. The Morgan fingerprint density at radius 1 is 1.12 bits per heavy atom. The zero-order chi connectivity index (χ0) is 18.4. The molecule has 2 aromatic rings. The van der Waals surface area contributed by atoms with E-state index in [4.69, 9.17) is 17.0 Å². The first-order valence-corrected chi connectivity index (χ1v) is 8.33. The predicted octanol–water partition coefficient (Wildman–Crippen LogP) is 3.58. The van der Waals surface area contributed by atoms with E-state index in [1.807, 2.05) is 56.3 Å². The molecule has 6 heteroatoms. The van der Waals surface area contributed by atoms with Crippen LogP contribution in [-0.4, -0.2) is 36.6 Å². The summed E-state index contributed by atoms with van der Waals surface area (Å²) in [7, 11) is 3.40. The second-order valence-corrected chi connectivity index (χ2v) is 6.27.